The summed E-state index contributed by atoms with van der Waals surface area (Å²) in [4.78, 5) is 8.33. The van der Waals surface area contributed by atoms with Crippen LogP contribution in [0, 0.1) is 5.92 Å². The van der Waals surface area contributed by atoms with Crippen LogP contribution in [0.2, 0.25) is 0 Å². The molecule has 0 spiro atoms. The van der Waals surface area contributed by atoms with Crippen LogP contribution in [0.25, 0.3) is 0 Å². The van der Waals surface area contributed by atoms with Gasteiger partial charge in [-0.1, -0.05) is 0 Å². The van der Waals surface area contributed by atoms with Gasteiger partial charge >= 0.3 is 0 Å². The molecule has 2 heterocycles. The average Bonchev–Trinajstić information content (AvgIpc) is 2.79. The summed E-state index contributed by atoms with van der Waals surface area (Å²) >= 11 is 1.64. The second-order valence-electron chi connectivity index (χ2n) is 3.69. The lowest BCUT2D eigenvalue weighted by molar-refractivity contribution is 0.614. The molecule has 0 saturated carbocycles. The standard InChI is InChI=1S/C10H16N4S/c1-15-10-4-9(13-7-14-10)12-6-8-2-3-11-5-8/h4,7-8,11H,2-3,5-6H2,1H3,(H,12,13,14). The van der Waals surface area contributed by atoms with Crippen LogP contribution in [0.5, 0.6) is 0 Å². The summed E-state index contributed by atoms with van der Waals surface area (Å²) in [6, 6.07) is 1.99. The van der Waals surface area contributed by atoms with E-state index < -0.39 is 0 Å². The van der Waals surface area contributed by atoms with Gasteiger partial charge in [-0.25, -0.2) is 9.97 Å². The predicted octanol–water partition coefficient (Wildman–Crippen LogP) is 1.22. The molecule has 82 valence electrons. The largest absolute Gasteiger partial charge is 0.370 e. The molecule has 1 aliphatic rings. The van der Waals surface area contributed by atoms with Gasteiger partial charge in [0, 0.05) is 12.6 Å². The number of aromatic nitrogens is 2. The minimum atomic E-state index is 0.734. The quantitative estimate of drug-likeness (QED) is 0.595. The molecule has 1 atom stereocenters. The van der Waals surface area contributed by atoms with Crippen LogP contribution in [0.1, 0.15) is 6.42 Å². The van der Waals surface area contributed by atoms with Crippen molar-refractivity contribution in [2.45, 2.75) is 11.4 Å². The van der Waals surface area contributed by atoms with Gasteiger partial charge in [-0.05, 0) is 31.7 Å². The first-order valence-corrected chi connectivity index (χ1v) is 6.41. The number of hydrogen-bond acceptors (Lipinski definition) is 5. The number of rotatable bonds is 4. The van der Waals surface area contributed by atoms with Crippen molar-refractivity contribution in [3.05, 3.63) is 12.4 Å². The Kier molecular flexibility index (Phi) is 3.80. The third kappa shape index (κ3) is 3.07. The Hall–Kier alpha value is -0.810. The molecule has 0 radical (unpaired) electrons. The maximum Gasteiger partial charge on any atom is 0.130 e. The molecule has 5 heteroatoms. The Morgan fingerprint density at radius 3 is 3.27 bits per heavy atom. The normalized spacial score (nSPS) is 20.5. The van der Waals surface area contributed by atoms with Crippen molar-refractivity contribution in [1.29, 1.82) is 0 Å². The van der Waals surface area contributed by atoms with E-state index in [9.17, 15) is 0 Å². The zero-order chi connectivity index (χ0) is 10.5. The molecular weight excluding hydrogens is 208 g/mol. The van der Waals surface area contributed by atoms with Crippen molar-refractivity contribution in [3.8, 4) is 0 Å². The lowest BCUT2D eigenvalue weighted by atomic mass is 10.1. The molecule has 1 unspecified atom stereocenters. The van der Waals surface area contributed by atoms with Gasteiger partial charge < -0.3 is 10.6 Å². The third-order valence-electron chi connectivity index (χ3n) is 2.59. The Balaban J connectivity index is 1.86. The number of anilines is 1. The van der Waals surface area contributed by atoms with E-state index >= 15 is 0 Å². The maximum atomic E-state index is 4.19. The molecule has 2 N–H and O–H groups in total. The Labute approximate surface area is 94.3 Å². The molecule has 1 aromatic rings. The van der Waals surface area contributed by atoms with Gasteiger partial charge in [0.1, 0.15) is 17.2 Å². The summed E-state index contributed by atoms with van der Waals surface area (Å²) in [6.45, 7) is 3.26. The van der Waals surface area contributed by atoms with E-state index in [-0.39, 0.29) is 0 Å². The number of thioether (sulfide) groups is 1. The lowest BCUT2D eigenvalue weighted by Crippen LogP contribution is -2.17. The highest BCUT2D eigenvalue weighted by Crippen LogP contribution is 2.14. The third-order valence-corrected chi connectivity index (χ3v) is 3.23. The number of hydrogen-bond donors (Lipinski definition) is 2. The van der Waals surface area contributed by atoms with Crippen molar-refractivity contribution in [3.63, 3.8) is 0 Å². The Morgan fingerprint density at radius 1 is 1.60 bits per heavy atom. The van der Waals surface area contributed by atoms with E-state index in [0.717, 1.165) is 36.4 Å². The van der Waals surface area contributed by atoms with Crippen LogP contribution in [0.3, 0.4) is 0 Å². The van der Waals surface area contributed by atoms with Gasteiger partial charge in [0.2, 0.25) is 0 Å². The van der Waals surface area contributed by atoms with Gasteiger partial charge in [0.15, 0.2) is 0 Å². The summed E-state index contributed by atoms with van der Waals surface area (Å²) < 4.78 is 0. The molecule has 1 aliphatic heterocycles. The van der Waals surface area contributed by atoms with Crippen LogP contribution in [-0.4, -0.2) is 35.9 Å². The monoisotopic (exact) mass is 224 g/mol. The zero-order valence-corrected chi connectivity index (χ0v) is 9.68. The van der Waals surface area contributed by atoms with E-state index in [1.807, 2.05) is 12.3 Å². The smallest absolute Gasteiger partial charge is 0.130 e. The SMILES string of the molecule is CSc1cc(NCC2CCNC2)ncn1. The molecule has 4 nitrogen and oxygen atoms in total. The fourth-order valence-electron chi connectivity index (χ4n) is 1.69. The Bertz CT molecular complexity index is 312. The average molecular weight is 224 g/mol. The fraction of sp³-hybridized carbons (Fsp3) is 0.600. The summed E-state index contributed by atoms with van der Waals surface area (Å²) in [5, 5.41) is 7.72. The molecule has 1 fully saturated rings. The van der Waals surface area contributed by atoms with Crippen molar-refractivity contribution in [1.82, 2.24) is 15.3 Å². The van der Waals surface area contributed by atoms with Gasteiger partial charge in [0.25, 0.3) is 0 Å². The summed E-state index contributed by atoms with van der Waals surface area (Å²) in [6.07, 6.45) is 4.89. The van der Waals surface area contributed by atoms with Crippen LogP contribution in [-0.2, 0) is 0 Å². The molecule has 1 saturated heterocycles. The molecule has 15 heavy (non-hydrogen) atoms. The molecule has 0 aliphatic carbocycles. The zero-order valence-electron chi connectivity index (χ0n) is 8.86. The van der Waals surface area contributed by atoms with Gasteiger partial charge in [-0.3, -0.25) is 0 Å². The van der Waals surface area contributed by atoms with E-state index in [1.165, 1.54) is 6.42 Å². The topological polar surface area (TPSA) is 49.8 Å². The molecular formula is C10H16N4S. The summed E-state index contributed by atoms with van der Waals surface area (Å²) in [5.41, 5.74) is 0. The van der Waals surface area contributed by atoms with E-state index in [2.05, 4.69) is 20.6 Å². The van der Waals surface area contributed by atoms with Crippen LogP contribution in [0.4, 0.5) is 5.82 Å². The summed E-state index contributed by atoms with van der Waals surface area (Å²) in [5.74, 6) is 1.67. The van der Waals surface area contributed by atoms with Crippen molar-refractivity contribution in [2.75, 3.05) is 31.2 Å². The van der Waals surface area contributed by atoms with Crippen LogP contribution < -0.4 is 10.6 Å². The fourth-order valence-corrected chi connectivity index (χ4v) is 2.07. The second-order valence-corrected chi connectivity index (χ2v) is 4.51. The van der Waals surface area contributed by atoms with Crippen LogP contribution in [0.15, 0.2) is 17.4 Å². The molecule has 0 aromatic carbocycles. The lowest BCUT2D eigenvalue weighted by Gasteiger charge is -2.10. The van der Waals surface area contributed by atoms with Gasteiger partial charge in [-0.15, -0.1) is 11.8 Å². The highest BCUT2D eigenvalue weighted by Gasteiger charge is 2.13. The van der Waals surface area contributed by atoms with Gasteiger partial charge in [0.05, 0.1) is 0 Å². The molecule has 2 rings (SSSR count). The van der Waals surface area contributed by atoms with E-state index in [1.54, 1.807) is 18.1 Å². The van der Waals surface area contributed by atoms with Crippen molar-refractivity contribution >= 4 is 17.6 Å². The first-order chi connectivity index (χ1) is 7.38. The Morgan fingerprint density at radius 2 is 2.53 bits per heavy atom. The predicted molar refractivity (Wildman–Crippen MR) is 63.3 cm³/mol. The molecule has 1 aromatic heterocycles. The van der Waals surface area contributed by atoms with Crippen molar-refractivity contribution in [2.24, 2.45) is 5.92 Å². The van der Waals surface area contributed by atoms with Crippen LogP contribution >= 0.6 is 11.8 Å². The molecule has 0 bridgehead atoms. The number of nitrogens with one attached hydrogen (secondary N) is 2. The minimum absolute atomic E-state index is 0.734. The second kappa shape index (κ2) is 5.32. The molecule has 0 amide bonds. The first kappa shape index (κ1) is 10.7. The number of nitrogens with zero attached hydrogens (tertiary/aromatic N) is 2. The van der Waals surface area contributed by atoms with E-state index in [4.69, 9.17) is 0 Å². The minimum Gasteiger partial charge on any atom is -0.370 e. The van der Waals surface area contributed by atoms with E-state index in [0.29, 0.717) is 0 Å². The highest BCUT2D eigenvalue weighted by atomic mass is 32.2. The first-order valence-electron chi connectivity index (χ1n) is 5.19. The highest BCUT2D eigenvalue weighted by molar-refractivity contribution is 7.98. The van der Waals surface area contributed by atoms with Crippen molar-refractivity contribution < 1.29 is 0 Å². The maximum absolute atomic E-state index is 4.19. The summed E-state index contributed by atoms with van der Waals surface area (Å²) in [7, 11) is 0. The van der Waals surface area contributed by atoms with Gasteiger partial charge in [-0.2, -0.15) is 0 Å².